The number of rotatable bonds is 7. The molecule has 0 atom stereocenters. The number of thiophene rings is 1. The number of anilines is 2. The van der Waals surface area contributed by atoms with Gasteiger partial charge in [-0.2, -0.15) is 0 Å². The van der Waals surface area contributed by atoms with Crippen molar-refractivity contribution < 1.29 is 14.4 Å². The summed E-state index contributed by atoms with van der Waals surface area (Å²) in [7, 11) is 0. The SMILES string of the molecule is CC(=O)NCc1ccc(-c2csc(NC(=O)/C=C/c3ccc(N4CCCC4=O)cc3)n2)s1. The van der Waals surface area contributed by atoms with E-state index in [1.54, 1.807) is 22.3 Å². The van der Waals surface area contributed by atoms with Crippen molar-refractivity contribution in [1.29, 1.82) is 0 Å². The van der Waals surface area contributed by atoms with Gasteiger partial charge in [0, 0.05) is 41.9 Å². The topological polar surface area (TPSA) is 91.4 Å². The van der Waals surface area contributed by atoms with Crippen molar-refractivity contribution in [2.45, 2.75) is 26.3 Å². The Morgan fingerprint density at radius 2 is 2.00 bits per heavy atom. The molecule has 9 heteroatoms. The van der Waals surface area contributed by atoms with Gasteiger partial charge in [0.1, 0.15) is 0 Å². The Hall–Kier alpha value is -3.30. The lowest BCUT2D eigenvalue weighted by atomic mass is 10.2. The minimum absolute atomic E-state index is 0.0655. The maximum absolute atomic E-state index is 12.3. The number of benzene rings is 1. The monoisotopic (exact) mass is 466 g/mol. The third-order valence-electron chi connectivity index (χ3n) is 4.87. The Balaban J connectivity index is 1.32. The summed E-state index contributed by atoms with van der Waals surface area (Å²) < 4.78 is 0. The quantitative estimate of drug-likeness (QED) is 0.508. The van der Waals surface area contributed by atoms with E-state index in [4.69, 9.17) is 0 Å². The van der Waals surface area contributed by atoms with Crippen LogP contribution in [0.2, 0.25) is 0 Å². The Morgan fingerprint density at radius 1 is 1.19 bits per heavy atom. The number of hydrogen-bond donors (Lipinski definition) is 2. The molecule has 2 N–H and O–H groups in total. The van der Waals surface area contributed by atoms with Crippen molar-refractivity contribution >= 4 is 57.3 Å². The zero-order valence-electron chi connectivity index (χ0n) is 17.5. The number of amides is 3. The molecule has 2 aromatic heterocycles. The van der Waals surface area contributed by atoms with Crippen LogP contribution in [0.1, 0.15) is 30.2 Å². The Labute approximate surface area is 193 Å². The fraction of sp³-hybridized carbons (Fsp3) is 0.217. The lowest BCUT2D eigenvalue weighted by molar-refractivity contribution is -0.119. The van der Waals surface area contributed by atoms with Gasteiger partial charge < -0.3 is 10.2 Å². The zero-order chi connectivity index (χ0) is 22.5. The summed E-state index contributed by atoms with van der Waals surface area (Å²) in [5.41, 5.74) is 2.55. The molecule has 164 valence electrons. The molecular formula is C23H22N4O3S2. The minimum Gasteiger partial charge on any atom is -0.351 e. The third-order valence-corrected chi connectivity index (χ3v) is 6.73. The molecule has 4 rings (SSSR count). The molecule has 0 aliphatic carbocycles. The second-order valence-corrected chi connectivity index (χ2v) is 9.30. The number of aromatic nitrogens is 1. The van der Waals surface area contributed by atoms with Gasteiger partial charge in [0.15, 0.2) is 5.13 Å². The minimum atomic E-state index is -0.262. The molecule has 1 aromatic carbocycles. The average Bonchev–Trinajstić information content (AvgIpc) is 3.52. The molecule has 7 nitrogen and oxygen atoms in total. The Kier molecular flexibility index (Phi) is 6.77. The number of nitrogens with zero attached hydrogens (tertiary/aromatic N) is 2. The summed E-state index contributed by atoms with van der Waals surface area (Å²) in [6.07, 6.45) is 4.69. The average molecular weight is 467 g/mol. The van der Waals surface area contributed by atoms with E-state index in [9.17, 15) is 14.4 Å². The van der Waals surface area contributed by atoms with E-state index in [2.05, 4.69) is 15.6 Å². The zero-order valence-corrected chi connectivity index (χ0v) is 19.1. The Bertz CT molecular complexity index is 1160. The van der Waals surface area contributed by atoms with Crippen LogP contribution in [0.15, 0.2) is 47.9 Å². The molecule has 0 radical (unpaired) electrons. The van der Waals surface area contributed by atoms with E-state index in [0.717, 1.165) is 39.7 Å². The van der Waals surface area contributed by atoms with Crippen molar-refractivity contribution in [1.82, 2.24) is 10.3 Å². The standard InChI is InChI=1S/C23H22N4O3S2/c1-15(28)24-13-18-9-10-20(32-18)19-14-31-23(25-19)26-21(29)11-6-16-4-7-17(8-5-16)27-12-2-3-22(27)30/h4-11,14H,2-3,12-13H2,1H3,(H,24,28)(H,25,26,29)/b11-6+. The van der Waals surface area contributed by atoms with Crippen molar-refractivity contribution in [2.24, 2.45) is 0 Å². The highest BCUT2D eigenvalue weighted by atomic mass is 32.1. The van der Waals surface area contributed by atoms with Gasteiger partial charge in [-0.15, -0.1) is 22.7 Å². The first-order chi connectivity index (χ1) is 15.5. The maximum atomic E-state index is 12.3. The number of thiazole rings is 1. The summed E-state index contributed by atoms with van der Waals surface area (Å²) in [5, 5.41) is 7.98. The smallest absolute Gasteiger partial charge is 0.250 e. The fourth-order valence-electron chi connectivity index (χ4n) is 3.27. The first kappa shape index (κ1) is 21.9. The van der Waals surface area contributed by atoms with Gasteiger partial charge in [0.25, 0.3) is 0 Å². The van der Waals surface area contributed by atoms with Gasteiger partial charge in [-0.25, -0.2) is 4.98 Å². The molecular weight excluding hydrogens is 444 g/mol. The van der Waals surface area contributed by atoms with Gasteiger partial charge in [-0.3, -0.25) is 19.7 Å². The predicted molar refractivity (Wildman–Crippen MR) is 129 cm³/mol. The summed E-state index contributed by atoms with van der Waals surface area (Å²) in [6.45, 7) is 2.74. The van der Waals surface area contributed by atoms with Crippen LogP contribution in [0, 0.1) is 0 Å². The molecule has 1 aliphatic rings. The molecule has 0 spiro atoms. The van der Waals surface area contributed by atoms with Crippen LogP contribution in [0.4, 0.5) is 10.8 Å². The summed E-state index contributed by atoms with van der Waals surface area (Å²) in [6, 6.07) is 11.5. The lowest BCUT2D eigenvalue weighted by Crippen LogP contribution is -2.23. The van der Waals surface area contributed by atoms with Crippen LogP contribution in [-0.4, -0.2) is 29.3 Å². The van der Waals surface area contributed by atoms with E-state index in [0.29, 0.717) is 18.1 Å². The first-order valence-corrected chi connectivity index (χ1v) is 11.9. The van der Waals surface area contributed by atoms with E-state index >= 15 is 0 Å². The highest BCUT2D eigenvalue weighted by Gasteiger charge is 2.21. The molecule has 1 saturated heterocycles. The van der Waals surface area contributed by atoms with Gasteiger partial charge in [0.2, 0.25) is 17.7 Å². The number of nitrogens with one attached hydrogen (secondary N) is 2. The lowest BCUT2D eigenvalue weighted by Gasteiger charge is -2.15. The summed E-state index contributed by atoms with van der Waals surface area (Å²) in [4.78, 5) is 43.5. The number of carbonyl (C=O) groups is 3. The van der Waals surface area contributed by atoms with Crippen LogP contribution in [0.3, 0.4) is 0 Å². The van der Waals surface area contributed by atoms with Gasteiger partial charge in [-0.05, 0) is 42.3 Å². The number of carbonyl (C=O) groups excluding carboxylic acids is 3. The maximum Gasteiger partial charge on any atom is 0.250 e. The Morgan fingerprint density at radius 3 is 2.72 bits per heavy atom. The van der Waals surface area contributed by atoms with Crippen molar-refractivity contribution in [3.05, 3.63) is 58.3 Å². The second kappa shape index (κ2) is 9.88. The predicted octanol–water partition coefficient (Wildman–Crippen LogP) is 4.29. The van der Waals surface area contributed by atoms with E-state index in [-0.39, 0.29) is 17.7 Å². The van der Waals surface area contributed by atoms with E-state index < -0.39 is 0 Å². The molecule has 0 bridgehead atoms. The molecule has 0 unspecified atom stereocenters. The molecule has 1 fully saturated rings. The van der Waals surface area contributed by atoms with Crippen molar-refractivity contribution in [3.63, 3.8) is 0 Å². The van der Waals surface area contributed by atoms with E-state index in [1.165, 1.54) is 24.3 Å². The van der Waals surface area contributed by atoms with Crippen LogP contribution < -0.4 is 15.5 Å². The summed E-state index contributed by atoms with van der Waals surface area (Å²) in [5.74, 6) is -0.173. The fourth-order valence-corrected chi connectivity index (χ4v) is 4.97. The molecule has 3 aromatic rings. The molecule has 1 aliphatic heterocycles. The summed E-state index contributed by atoms with van der Waals surface area (Å²) >= 11 is 2.92. The highest BCUT2D eigenvalue weighted by Crippen LogP contribution is 2.31. The van der Waals surface area contributed by atoms with Crippen molar-refractivity contribution in [2.75, 3.05) is 16.8 Å². The molecule has 3 heterocycles. The van der Waals surface area contributed by atoms with Gasteiger partial charge >= 0.3 is 0 Å². The number of hydrogen-bond acceptors (Lipinski definition) is 6. The van der Waals surface area contributed by atoms with Crippen LogP contribution in [0.5, 0.6) is 0 Å². The third kappa shape index (κ3) is 5.49. The van der Waals surface area contributed by atoms with Crippen molar-refractivity contribution in [3.8, 4) is 10.6 Å². The highest BCUT2D eigenvalue weighted by molar-refractivity contribution is 7.17. The van der Waals surface area contributed by atoms with Crippen LogP contribution in [-0.2, 0) is 20.9 Å². The molecule has 32 heavy (non-hydrogen) atoms. The normalized spacial score (nSPS) is 13.7. The first-order valence-electron chi connectivity index (χ1n) is 10.2. The molecule has 3 amide bonds. The largest absolute Gasteiger partial charge is 0.351 e. The van der Waals surface area contributed by atoms with E-state index in [1.807, 2.05) is 41.8 Å². The van der Waals surface area contributed by atoms with Crippen LogP contribution >= 0.6 is 22.7 Å². The van der Waals surface area contributed by atoms with Gasteiger partial charge in [0.05, 0.1) is 17.1 Å². The van der Waals surface area contributed by atoms with Crippen LogP contribution in [0.25, 0.3) is 16.6 Å². The molecule has 0 saturated carbocycles. The second-order valence-electron chi connectivity index (χ2n) is 7.28. The van der Waals surface area contributed by atoms with Gasteiger partial charge in [-0.1, -0.05) is 12.1 Å².